The summed E-state index contributed by atoms with van der Waals surface area (Å²) in [5.74, 6) is 0.799. The molecule has 158 valence electrons. The summed E-state index contributed by atoms with van der Waals surface area (Å²) in [5, 5.41) is 0. The van der Waals surface area contributed by atoms with Gasteiger partial charge in [0.05, 0.1) is 7.11 Å². The standard InChI is InChI=1S/C22H29NO5S/c1-6-17(4)23(22(24)16(2)3)15-18-7-9-20(10-8-18)28-29(25,26)21-13-11-19(27-5)12-14-21/h7-14,16-17H,6,15H2,1-5H3/t17-/m0/s1. The lowest BCUT2D eigenvalue weighted by molar-refractivity contribution is -0.137. The molecular formula is C22H29NO5S. The first-order valence-corrected chi connectivity index (χ1v) is 11.1. The molecule has 0 saturated carbocycles. The third-order valence-electron chi connectivity index (χ3n) is 4.73. The van der Waals surface area contributed by atoms with Crippen LogP contribution in [0.3, 0.4) is 0 Å². The lowest BCUT2D eigenvalue weighted by Gasteiger charge is -2.30. The summed E-state index contributed by atoms with van der Waals surface area (Å²) in [6, 6.07) is 12.9. The van der Waals surface area contributed by atoms with E-state index in [1.807, 2.05) is 32.6 Å². The van der Waals surface area contributed by atoms with Gasteiger partial charge in [-0.1, -0.05) is 32.9 Å². The van der Waals surface area contributed by atoms with Crippen molar-refractivity contribution in [1.82, 2.24) is 4.90 Å². The lowest BCUT2D eigenvalue weighted by atomic mass is 10.1. The fourth-order valence-electron chi connectivity index (χ4n) is 2.77. The maximum absolute atomic E-state index is 12.5. The SMILES string of the molecule is CC[C@H](C)N(Cc1ccc(OS(=O)(=O)c2ccc(OC)cc2)cc1)C(=O)C(C)C. The summed E-state index contributed by atoms with van der Waals surface area (Å²) >= 11 is 0. The van der Waals surface area contributed by atoms with Crippen molar-refractivity contribution in [3.63, 3.8) is 0 Å². The third kappa shape index (κ3) is 5.97. The summed E-state index contributed by atoms with van der Waals surface area (Å²) in [6.07, 6.45) is 0.861. The first-order chi connectivity index (χ1) is 13.7. The number of carbonyl (C=O) groups excluding carboxylic acids is 1. The van der Waals surface area contributed by atoms with Crippen molar-refractivity contribution in [3.8, 4) is 11.5 Å². The smallest absolute Gasteiger partial charge is 0.339 e. The molecule has 0 aliphatic carbocycles. The van der Waals surface area contributed by atoms with Gasteiger partial charge in [-0.25, -0.2) is 0 Å². The molecular weight excluding hydrogens is 390 g/mol. The first-order valence-electron chi connectivity index (χ1n) is 9.66. The van der Waals surface area contributed by atoms with Crippen molar-refractivity contribution >= 4 is 16.0 Å². The Labute approximate surface area is 173 Å². The van der Waals surface area contributed by atoms with Gasteiger partial charge in [-0.2, -0.15) is 8.42 Å². The van der Waals surface area contributed by atoms with Crippen LogP contribution in [0, 0.1) is 5.92 Å². The van der Waals surface area contributed by atoms with E-state index in [-0.39, 0.29) is 28.5 Å². The zero-order valence-corrected chi connectivity index (χ0v) is 18.4. The van der Waals surface area contributed by atoms with Crippen molar-refractivity contribution in [3.05, 3.63) is 54.1 Å². The Hall–Kier alpha value is -2.54. The monoisotopic (exact) mass is 419 g/mol. The number of benzene rings is 2. The van der Waals surface area contributed by atoms with Gasteiger partial charge in [-0.15, -0.1) is 0 Å². The molecule has 0 fully saturated rings. The van der Waals surface area contributed by atoms with E-state index in [4.69, 9.17) is 8.92 Å². The molecule has 29 heavy (non-hydrogen) atoms. The minimum Gasteiger partial charge on any atom is -0.497 e. The van der Waals surface area contributed by atoms with E-state index in [0.717, 1.165) is 12.0 Å². The molecule has 0 spiro atoms. The summed E-state index contributed by atoms with van der Waals surface area (Å²) in [6.45, 7) is 8.32. The molecule has 0 aliphatic rings. The molecule has 2 rings (SSSR count). The van der Waals surface area contributed by atoms with Crippen molar-refractivity contribution in [2.75, 3.05) is 7.11 Å². The van der Waals surface area contributed by atoms with Crippen molar-refractivity contribution in [2.45, 2.75) is 51.6 Å². The van der Waals surface area contributed by atoms with E-state index < -0.39 is 10.1 Å². The highest BCUT2D eigenvalue weighted by atomic mass is 32.2. The van der Waals surface area contributed by atoms with Crippen LogP contribution >= 0.6 is 0 Å². The summed E-state index contributed by atoms with van der Waals surface area (Å²) in [5.41, 5.74) is 0.911. The molecule has 0 bridgehead atoms. The van der Waals surface area contributed by atoms with Crippen molar-refractivity contribution in [2.24, 2.45) is 5.92 Å². The van der Waals surface area contributed by atoms with Crippen LogP contribution in [0.4, 0.5) is 0 Å². The van der Waals surface area contributed by atoms with Gasteiger partial charge in [0, 0.05) is 18.5 Å². The maximum Gasteiger partial charge on any atom is 0.339 e. The number of hydrogen-bond donors (Lipinski definition) is 0. The largest absolute Gasteiger partial charge is 0.497 e. The highest BCUT2D eigenvalue weighted by molar-refractivity contribution is 7.87. The van der Waals surface area contributed by atoms with Gasteiger partial charge in [-0.3, -0.25) is 4.79 Å². The molecule has 2 aromatic rings. The quantitative estimate of drug-likeness (QED) is 0.568. The maximum atomic E-state index is 12.5. The summed E-state index contributed by atoms with van der Waals surface area (Å²) in [4.78, 5) is 14.4. The molecule has 0 aromatic heterocycles. The number of amides is 1. The zero-order valence-electron chi connectivity index (χ0n) is 17.6. The number of carbonyl (C=O) groups is 1. The Kier molecular flexibility index (Phi) is 7.67. The predicted molar refractivity (Wildman–Crippen MR) is 112 cm³/mol. The fourth-order valence-corrected chi connectivity index (χ4v) is 3.70. The van der Waals surface area contributed by atoms with Gasteiger partial charge < -0.3 is 13.8 Å². The van der Waals surface area contributed by atoms with Crippen LogP contribution < -0.4 is 8.92 Å². The van der Waals surface area contributed by atoms with Crippen molar-refractivity contribution in [1.29, 1.82) is 0 Å². The van der Waals surface area contributed by atoms with Gasteiger partial charge in [0.25, 0.3) is 0 Å². The number of rotatable bonds is 9. The lowest BCUT2D eigenvalue weighted by Crippen LogP contribution is -2.40. The molecule has 0 aliphatic heterocycles. The number of nitrogens with zero attached hydrogens (tertiary/aromatic N) is 1. The molecule has 0 unspecified atom stereocenters. The minimum absolute atomic E-state index is 0.0489. The van der Waals surface area contributed by atoms with Gasteiger partial charge >= 0.3 is 10.1 Å². The predicted octanol–water partition coefficient (Wildman–Crippen LogP) is 4.25. The van der Waals surface area contributed by atoms with E-state index >= 15 is 0 Å². The second-order valence-electron chi connectivity index (χ2n) is 7.24. The molecule has 0 saturated heterocycles. The second-order valence-corrected chi connectivity index (χ2v) is 8.78. The molecule has 7 heteroatoms. The van der Waals surface area contributed by atoms with Crippen LogP contribution in [0.25, 0.3) is 0 Å². The summed E-state index contributed by atoms with van der Waals surface area (Å²) in [7, 11) is -2.42. The fraction of sp³-hybridized carbons (Fsp3) is 0.409. The van der Waals surface area contributed by atoms with E-state index in [1.54, 1.807) is 36.4 Å². The first kappa shape index (κ1) is 22.7. The van der Waals surface area contributed by atoms with E-state index in [0.29, 0.717) is 12.3 Å². The third-order valence-corrected chi connectivity index (χ3v) is 5.99. The molecule has 1 amide bonds. The topological polar surface area (TPSA) is 72.9 Å². The van der Waals surface area contributed by atoms with Crippen molar-refractivity contribution < 1.29 is 22.1 Å². The molecule has 0 radical (unpaired) electrons. The highest BCUT2D eigenvalue weighted by Gasteiger charge is 2.22. The molecule has 1 atom stereocenters. The van der Waals surface area contributed by atoms with Crippen LogP contribution in [0.15, 0.2) is 53.4 Å². The Morgan fingerprint density at radius 3 is 2.00 bits per heavy atom. The number of methoxy groups -OCH3 is 1. The van der Waals surface area contributed by atoms with E-state index in [2.05, 4.69) is 0 Å². The average Bonchev–Trinajstić information content (AvgIpc) is 2.71. The molecule has 0 N–H and O–H groups in total. The average molecular weight is 420 g/mol. The Bertz CT molecular complexity index is 905. The van der Waals surface area contributed by atoms with Gasteiger partial charge in [0.1, 0.15) is 16.4 Å². The van der Waals surface area contributed by atoms with Crippen LogP contribution in [0.2, 0.25) is 0 Å². The zero-order chi connectivity index (χ0) is 21.6. The van der Waals surface area contributed by atoms with Gasteiger partial charge in [0.2, 0.25) is 5.91 Å². The highest BCUT2D eigenvalue weighted by Crippen LogP contribution is 2.22. The van der Waals surface area contributed by atoms with Crippen LogP contribution in [0.1, 0.15) is 39.7 Å². The summed E-state index contributed by atoms with van der Waals surface area (Å²) < 4.78 is 35.1. The minimum atomic E-state index is -3.94. The number of hydrogen-bond acceptors (Lipinski definition) is 5. The normalized spacial score (nSPS) is 12.5. The molecule has 0 heterocycles. The Morgan fingerprint density at radius 2 is 1.52 bits per heavy atom. The van der Waals surface area contributed by atoms with Gasteiger partial charge in [0.15, 0.2) is 0 Å². The second kappa shape index (κ2) is 9.78. The van der Waals surface area contributed by atoms with E-state index in [1.165, 1.54) is 19.2 Å². The van der Waals surface area contributed by atoms with Gasteiger partial charge in [-0.05, 0) is 55.3 Å². The van der Waals surface area contributed by atoms with Crippen LogP contribution in [-0.4, -0.2) is 32.4 Å². The number of ether oxygens (including phenoxy) is 1. The van der Waals surface area contributed by atoms with E-state index in [9.17, 15) is 13.2 Å². The molecule has 6 nitrogen and oxygen atoms in total. The van der Waals surface area contributed by atoms with Crippen LogP contribution in [-0.2, 0) is 21.5 Å². The Morgan fingerprint density at radius 1 is 0.966 bits per heavy atom. The Balaban J connectivity index is 2.13. The van der Waals surface area contributed by atoms with Crippen LogP contribution in [0.5, 0.6) is 11.5 Å². The molecule has 2 aromatic carbocycles.